The molecule has 1 aromatic heterocycles. The molecule has 0 spiro atoms. The molecular formula is C19H20ClF4N5O. The maximum absolute atomic E-state index is 14.5. The van der Waals surface area contributed by atoms with Crippen LogP contribution in [-0.4, -0.2) is 44.7 Å². The number of nitrogens with zero attached hydrogens (tertiary/aromatic N) is 4. The van der Waals surface area contributed by atoms with Crippen LogP contribution >= 0.6 is 11.6 Å². The van der Waals surface area contributed by atoms with Crippen LogP contribution in [0.2, 0.25) is 5.02 Å². The van der Waals surface area contributed by atoms with Gasteiger partial charge in [-0.15, -0.1) is 10.2 Å². The van der Waals surface area contributed by atoms with E-state index in [9.17, 15) is 22.4 Å². The molecule has 1 aromatic carbocycles. The Kier molecular flexibility index (Phi) is 5.26. The number of amides is 1. The van der Waals surface area contributed by atoms with Crippen molar-refractivity contribution in [3.8, 4) is 0 Å². The number of carbonyl (C=O) groups is 1. The molecular weight excluding hydrogens is 426 g/mol. The number of hydrogen-bond donors (Lipinski definition) is 1. The van der Waals surface area contributed by atoms with Gasteiger partial charge in [0, 0.05) is 36.1 Å². The summed E-state index contributed by atoms with van der Waals surface area (Å²) >= 11 is 6.05. The van der Waals surface area contributed by atoms with E-state index in [0.717, 1.165) is 4.57 Å². The average Bonchev–Trinajstić information content (AvgIpc) is 3.16. The van der Waals surface area contributed by atoms with E-state index in [-0.39, 0.29) is 37.3 Å². The Morgan fingerprint density at radius 1 is 1.20 bits per heavy atom. The van der Waals surface area contributed by atoms with Crippen molar-refractivity contribution < 1.29 is 22.4 Å². The Bertz CT molecular complexity index is 968. The van der Waals surface area contributed by atoms with Crippen LogP contribution in [0.4, 0.5) is 17.6 Å². The third-order valence-electron chi connectivity index (χ3n) is 6.26. The van der Waals surface area contributed by atoms with Crippen LogP contribution in [0.25, 0.3) is 0 Å². The van der Waals surface area contributed by atoms with E-state index in [1.54, 1.807) is 11.0 Å². The van der Waals surface area contributed by atoms with Crippen molar-refractivity contribution in [1.82, 2.24) is 19.7 Å². The number of halogens is 5. The first-order chi connectivity index (χ1) is 14.2. The lowest BCUT2D eigenvalue weighted by Crippen LogP contribution is -2.51. The molecule has 4 rings (SSSR count). The molecule has 1 fully saturated rings. The normalized spacial score (nSPS) is 24.8. The lowest BCUT2D eigenvalue weighted by atomic mass is 9.67. The molecule has 2 aromatic rings. The second kappa shape index (κ2) is 7.49. The van der Waals surface area contributed by atoms with Crippen molar-refractivity contribution in [2.45, 2.75) is 49.9 Å². The highest BCUT2D eigenvalue weighted by Gasteiger charge is 2.44. The van der Waals surface area contributed by atoms with Crippen molar-refractivity contribution in [3.63, 3.8) is 0 Å². The summed E-state index contributed by atoms with van der Waals surface area (Å²) in [6, 6.07) is 4.21. The van der Waals surface area contributed by atoms with Gasteiger partial charge in [0.15, 0.2) is 0 Å². The zero-order valence-corrected chi connectivity index (χ0v) is 16.7. The predicted molar refractivity (Wildman–Crippen MR) is 100 cm³/mol. The van der Waals surface area contributed by atoms with Gasteiger partial charge in [-0.25, -0.2) is 4.39 Å². The summed E-state index contributed by atoms with van der Waals surface area (Å²) in [7, 11) is 0. The van der Waals surface area contributed by atoms with E-state index in [4.69, 9.17) is 17.3 Å². The van der Waals surface area contributed by atoms with Crippen molar-refractivity contribution in [2.75, 3.05) is 13.1 Å². The van der Waals surface area contributed by atoms with Crippen LogP contribution in [0.15, 0.2) is 18.2 Å². The second-order valence-electron chi connectivity index (χ2n) is 7.83. The maximum atomic E-state index is 14.5. The third kappa shape index (κ3) is 3.45. The van der Waals surface area contributed by atoms with Crippen LogP contribution in [0, 0.1) is 5.82 Å². The van der Waals surface area contributed by atoms with Gasteiger partial charge < -0.3 is 10.6 Å². The first kappa shape index (κ1) is 21.0. The topological polar surface area (TPSA) is 77.0 Å². The van der Waals surface area contributed by atoms with Crippen LogP contribution in [0.3, 0.4) is 0 Å². The van der Waals surface area contributed by atoms with Crippen LogP contribution in [0.1, 0.15) is 47.7 Å². The fourth-order valence-corrected chi connectivity index (χ4v) is 4.80. The highest BCUT2D eigenvalue weighted by molar-refractivity contribution is 6.30. The minimum atomic E-state index is -4.67. The average molecular weight is 446 g/mol. The highest BCUT2D eigenvalue weighted by atomic mass is 35.5. The third-order valence-corrected chi connectivity index (χ3v) is 6.50. The Labute approximate surface area is 175 Å². The van der Waals surface area contributed by atoms with Crippen molar-refractivity contribution >= 4 is 17.5 Å². The van der Waals surface area contributed by atoms with Crippen LogP contribution in [0.5, 0.6) is 0 Å². The number of carbonyl (C=O) groups excluding carboxylic acids is 1. The van der Waals surface area contributed by atoms with Crippen molar-refractivity contribution in [1.29, 1.82) is 0 Å². The zero-order chi connectivity index (χ0) is 21.7. The maximum Gasteiger partial charge on any atom is 0.451 e. The summed E-state index contributed by atoms with van der Waals surface area (Å²) < 4.78 is 54.4. The van der Waals surface area contributed by atoms with Gasteiger partial charge in [-0.3, -0.25) is 9.36 Å². The monoisotopic (exact) mass is 445 g/mol. The van der Waals surface area contributed by atoms with Gasteiger partial charge >= 0.3 is 6.18 Å². The summed E-state index contributed by atoms with van der Waals surface area (Å²) in [4.78, 5) is 14.3. The molecule has 0 radical (unpaired) electrons. The van der Waals surface area contributed by atoms with Gasteiger partial charge in [-0.2, -0.15) is 13.2 Å². The molecule has 2 N–H and O–H groups in total. The molecule has 1 aliphatic carbocycles. The fraction of sp³-hybridized carbons (Fsp3) is 0.526. The van der Waals surface area contributed by atoms with E-state index in [0.29, 0.717) is 36.3 Å². The van der Waals surface area contributed by atoms with Gasteiger partial charge in [0.2, 0.25) is 11.6 Å². The van der Waals surface area contributed by atoms with Gasteiger partial charge in [-0.05, 0) is 49.4 Å². The number of benzene rings is 1. The van der Waals surface area contributed by atoms with Gasteiger partial charge in [0.25, 0.3) is 5.91 Å². The first-order valence-electron chi connectivity index (χ1n) is 9.63. The lowest BCUT2D eigenvalue weighted by molar-refractivity contribution is -0.147. The summed E-state index contributed by atoms with van der Waals surface area (Å²) in [5.74, 6) is -2.40. The summed E-state index contributed by atoms with van der Waals surface area (Å²) in [6.45, 7) is 0.345. The van der Waals surface area contributed by atoms with Gasteiger partial charge in [0.1, 0.15) is 5.82 Å². The molecule has 0 unspecified atom stereocenters. The Morgan fingerprint density at radius 2 is 1.90 bits per heavy atom. The Morgan fingerprint density at radius 3 is 2.53 bits per heavy atom. The molecule has 0 atom stereocenters. The minimum absolute atomic E-state index is 0.0234. The number of hydrogen-bond acceptors (Lipinski definition) is 4. The highest BCUT2D eigenvalue weighted by Crippen LogP contribution is 2.42. The summed E-state index contributed by atoms with van der Waals surface area (Å²) in [5.41, 5.74) is 5.91. The quantitative estimate of drug-likeness (QED) is 0.735. The molecule has 1 amide bonds. The summed E-state index contributed by atoms with van der Waals surface area (Å²) in [5, 5.41) is 7.07. The Hall–Kier alpha value is -2.20. The van der Waals surface area contributed by atoms with E-state index in [1.165, 1.54) is 12.1 Å². The number of fused-ring (bicyclic) bond motifs is 1. The molecule has 1 saturated carbocycles. The standard InChI is InChI=1S/C19H20ClF4N5O/c20-11-1-2-14(21)13(9-11)18(10-25)5-3-12(4-6-18)28-7-8-29-15(16(28)30)26-27-17(29)19(22,23)24/h1-2,9,12H,3-8,10,25H2/t12-,18+. The number of nitrogens with two attached hydrogens (primary N) is 1. The zero-order valence-electron chi connectivity index (χ0n) is 15.9. The minimum Gasteiger partial charge on any atom is -0.331 e. The molecule has 2 aliphatic rings. The van der Waals surface area contributed by atoms with E-state index < -0.39 is 23.3 Å². The van der Waals surface area contributed by atoms with E-state index in [1.807, 2.05) is 0 Å². The predicted octanol–water partition coefficient (Wildman–Crippen LogP) is 3.38. The van der Waals surface area contributed by atoms with Crippen LogP contribution in [-0.2, 0) is 18.1 Å². The molecule has 0 bridgehead atoms. The molecule has 6 nitrogen and oxygen atoms in total. The smallest absolute Gasteiger partial charge is 0.331 e. The second-order valence-corrected chi connectivity index (χ2v) is 8.27. The van der Waals surface area contributed by atoms with E-state index in [2.05, 4.69) is 10.2 Å². The lowest BCUT2D eigenvalue weighted by Gasteiger charge is -2.44. The van der Waals surface area contributed by atoms with Gasteiger partial charge in [-0.1, -0.05) is 11.6 Å². The van der Waals surface area contributed by atoms with E-state index >= 15 is 0 Å². The largest absolute Gasteiger partial charge is 0.451 e. The molecule has 162 valence electrons. The fourth-order valence-electron chi connectivity index (χ4n) is 4.62. The van der Waals surface area contributed by atoms with Crippen molar-refractivity contribution in [3.05, 3.63) is 46.3 Å². The SMILES string of the molecule is NC[C@]1(c2cc(Cl)ccc2F)CC[C@@H](N2CCn3c(nnc3C(F)(F)F)C2=O)CC1. The first-order valence-corrected chi connectivity index (χ1v) is 10.0. The number of alkyl halides is 3. The van der Waals surface area contributed by atoms with Crippen molar-refractivity contribution in [2.24, 2.45) is 5.73 Å². The number of rotatable bonds is 3. The van der Waals surface area contributed by atoms with Crippen LogP contribution < -0.4 is 5.73 Å². The molecule has 0 saturated heterocycles. The molecule has 1 aliphatic heterocycles. The number of aromatic nitrogens is 3. The van der Waals surface area contributed by atoms with Gasteiger partial charge in [0.05, 0.1) is 0 Å². The Balaban J connectivity index is 1.53. The molecule has 11 heteroatoms. The summed E-state index contributed by atoms with van der Waals surface area (Å²) in [6.07, 6.45) is -2.49. The molecule has 30 heavy (non-hydrogen) atoms. The molecule has 2 heterocycles.